The number of hydrogen-bond acceptors (Lipinski definition) is 4. The van der Waals surface area contributed by atoms with Crippen molar-refractivity contribution in [3.8, 4) is 0 Å². The Morgan fingerprint density at radius 3 is 1.17 bits per heavy atom. The molecule has 0 saturated heterocycles. The Bertz CT molecular complexity index is 3490. The van der Waals surface area contributed by atoms with E-state index in [1.54, 1.807) is 44.3 Å². The van der Waals surface area contributed by atoms with Gasteiger partial charge in [-0.15, -0.1) is 13.3 Å². The van der Waals surface area contributed by atoms with Crippen LogP contribution in [0.1, 0.15) is 280 Å². The Morgan fingerprint density at radius 1 is 0.511 bits per heavy atom. The normalized spacial score (nSPS) is 16.8. The molecule has 7 aliphatic rings. The molecule has 5 aromatic rings. The maximum absolute atomic E-state index is 10.3. The molecular formula is C83H133LiO6S2. The van der Waals surface area contributed by atoms with Gasteiger partial charge in [0.15, 0.2) is 0 Å². The largest absolute Gasteiger partial charge is 1.00 e. The first-order chi connectivity index (χ1) is 38.3. The van der Waals surface area contributed by atoms with Crippen LogP contribution in [0.3, 0.4) is 0 Å². The van der Waals surface area contributed by atoms with Gasteiger partial charge in [-0.25, -0.2) is 18.1 Å². The minimum absolute atomic E-state index is 0. The Morgan fingerprint density at radius 2 is 0.859 bits per heavy atom. The smallest absolute Gasteiger partial charge is 0.284 e. The van der Waals surface area contributed by atoms with Crippen LogP contribution >= 0.6 is 0 Å². The molecule has 0 saturated carbocycles. The molecule has 0 aromatic heterocycles. The summed E-state index contributed by atoms with van der Waals surface area (Å²) in [4.78, 5) is 0. The minimum Gasteiger partial charge on any atom is -0.284 e. The summed E-state index contributed by atoms with van der Waals surface area (Å²) in [5.41, 5.74) is 21.4. The third-order valence-corrected chi connectivity index (χ3v) is 20.9. The molecule has 514 valence electrons. The van der Waals surface area contributed by atoms with E-state index in [0.717, 1.165) is 18.3 Å². The van der Waals surface area contributed by atoms with Crippen molar-refractivity contribution in [1.82, 2.24) is 0 Å². The molecule has 12 rings (SSSR count). The molecule has 0 heterocycles. The van der Waals surface area contributed by atoms with Crippen LogP contribution < -0.4 is 18.9 Å². The summed E-state index contributed by atoms with van der Waals surface area (Å²) >= 11 is 0. The number of benzene rings is 5. The van der Waals surface area contributed by atoms with E-state index >= 15 is 0 Å². The molecule has 0 amide bonds. The van der Waals surface area contributed by atoms with E-state index in [0.29, 0.717) is 37.5 Å². The Hall–Kier alpha value is -5.17. The van der Waals surface area contributed by atoms with Crippen LogP contribution in [-0.4, -0.2) is 30.0 Å². The van der Waals surface area contributed by atoms with Crippen molar-refractivity contribution in [2.24, 2.45) is 23.7 Å². The second-order valence-corrected chi connectivity index (χ2v) is 27.7. The van der Waals surface area contributed by atoms with Crippen molar-refractivity contribution < 1.29 is 44.8 Å². The summed E-state index contributed by atoms with van der Waals surface area (Å²) in [5.74, 6) is 3.74. The Labute approximate surface area is 580 Å². The van der Waals surface area contributed by atoms with Gasteiger partial charge in [0.2, 0.25) is 4.08 Å². The molecule has 92 heavy (non-hydrogen) atoms. The summed E-state index contributed by atoms with van der Waals surface area (Å²) < 4.78 is 55.3. The first kappa shape index (κ1) is 97.9. The topological polar surface area (TPSA) is 109 Å². The van der Waals surface area contributed by atoms with Crippen molar-refractivity contribution in [2.75, 3.05) is 0 Å². The summed E-state index contributed by atoms with van der Waals surface area (Å²) in [6, 6.07) is 23.0. The van der Waals surface area contributed by atoms with E-state index in [1.165, 1.54) is 104 Å². The fourth-order valence-electron chi connectivity index (χ4n) is 11.6. The van der Waals surface area contributed by atoms with Crippen LogP contribution in [0.2, 0.25) is 0 Å². The monoisotopic (exact) mass is 1300 g/mol. The maximum atomic E-state index is 10.3. The van der Waals surface area contributed by atoms with Gasteiger partial charge in [0, 0.05) is 23.7 Å². The maximum Gasteiger partial charge on any atom is 1.00 e. The second kappa shape index (κ2) is 42.3. The summed E-state index contributed by atoms with van der Waals surface area (Å²) in [6.45, 7) is 31.8. The van der Waals surface area contributed by atoms with Gasteiger partial charge in [0.05, 0.1) is 0 Å². The molecule has 9 heteroatoms. The fourth-order valence-corrected chi connectivity index (χ4v) is 12.6. The van der Waals surface area contributed by atoms with Crippen molar-refractivity contribution in [1.29, 1.82) is 0 Å². The average molecular weight is 1300 g/mol. The fraction of sp³-hybridized carbons (Fsp3) is 0.482. The van der Waals surface area contributed by atoms with Gasteiger partial charge < -0.3 is 0 Å². The molecule has 7 aliphatic carbocycles. The van der Waals surface area contributed by atoms with Crippen molar-refractivity contribution in [3.63, 3.8) is 0 Å². The second-order valence-electron chi connectivity index (χ2n) is 23.5. The molecule has 6 nitrogen and oxygen atoms in total. The predicted molar refractivity (Wildman–Crippen MR) is 419 cm³/mol. The van der Waals surface area contributed by atoms with E-state index < -0.39 is 24.3 Å². The molecule has 0 spiro atoms. The average Bonchev–Trinajstić information content (AvgIpc) is 1.55. The van der Waals surface area contributed by atoms with Crippen molar-refractivity contribution >= 4 is 76.4 Å². The molecule has 2 N–H and O–H groups in total. The van der Waals surface area contributed by atoms with Gasteiger partial charge in [0.1, 0.15) is 0 Å². The van der Waals surface area contributed by atoms with Crippen LogP contribution in [0.4, 0.5) is 0 Å². The standard InChI is InChI=1S/C20H14.C20H12.2C8H16.C7H14.C7H13.C3H8O6S2.10CH4.Li/c2*1-2-12-5-6-14-9-10-15-8-7-13-4-3-11(1)16-17(12)19(14)20(15)18(13)16;2*1-5-6-8(4)7(2)3;2*1-4-6-7(3)5-2;1-3(2,10(4,5)6)11(7,8)9;;;;;;;;;;;/h1-8,12,17H,9-10H2;1-11,16H;2*6-7H,5H2,1-4H3;6H,4-5H2,1-3H3;5-6H,4H2,1-3H3;1-2H3,(H,4,5,6)(H,7,8,9);10*1H4;/q;;;;;-1;;;;;;;;;;;;+1. The molecule has 2 atom stereocenters. The zero-order valence-corrected chi connectivity index (χ0v) is 54.2. The minimum atomic E-state index is -4.80. The summed E-state index contributed by atoms with van der Waals surface area (Å²) in [7, 11) is -9.60. The quantitative estimate of drug-likeness (QED) is 0.0474. The van der Waals surface area contributed by atoms with Crippen molar-refractivity contribution in [2.45, 2.75) is 246 Å². The van der Waals surface area contributed by atoms with Gasteiger partial charge in [-0.3, -0.25) is 9.11 Å². The molecule has 0 bridgehead atoms. The molecule has 5 aromatic carbocycles. The van der Waals surface area contributed by atoms with Gasteiger partial charge in [-0.05, 0) is 173 Å². The zero-order valence-electron chi connectivity index (χ0n) is 52.5. The number of allylic oxidation sites excluding steroid dienone is 15. The van der Waals surface area contributed by atoms with E-state index in [-0.39, 0.29) is 93.1 Å². The zero-order chi connectivity index (χ0) is 59.7. The van der Waals surface area contributed by atoms with Crippen LogP contribution in [0.5, 0.6) is 0 Å². The van der Waals surface area contributed by atoms with Crippen LogP contribution in [-0.2, 0) is 26.7 Å². The van der Waals surface area contributed by atoms with E-state index in [9.17, 15) is 16.8 Å². The van der Waals surface area contributed by atoms with Crippen LogP contribution in [0.15, 0.2) is 143 Å². The molecule has 0 fully saturated rings. The van der Waals surface area contributed by atoms with Gasteiger partial charge in [-0.1, -0.05) is 288 Å². The first-order valence-electron chi connectivity index (χ1n) is 29.8. The molecular weight excluding hydrogens is 1160 g/mol. The SMILES string of the molecule is C.C.C.C.C.C.C.C.C.C.C1=CC2C=Cc3ccc4ccc5c6c4c3C2C6=C1CC5.C1=CC2C=Cc3ccc4ccc5ccc1c1c5c4c3C12.CC(C)(S(=O)(=O)O)S(=O)(=O)O.CCC=C(C)C(C)C.CCC=C(C)C(C)C.CCC=C(C)CC.C[CH-]C(C)=CCC.[Li+]. The van der Waals surface area contributed by atoms with Gasteiger partial charge in [0.25, 0.3) is 20.2 Å². The summed E-state index contributed by atoms with van der Waals surface area (Å²) in [5, 5.41) is 8.82. The summed E-state index contributed by atoms with van der Waals surface area (Å²) in [6.07, 6.45) is 38.4. The van der Waals surface area contributed by atoms with Crippen molar-refractivity contribution in [3.05, 3.63) is 194 Å². The Balaban J connectivity index is -0.000000242. The predicted octanol–water partition coefficient (Wildman–Crippen LogP) is 24.1. The molecule has 2 unspecified atom stereocenters. The van der Waals surface area contributed by atoms with E-state index in [2.05, 4.69) is 237 Å². The van der Waals surface area contributed by atoms with E-state index in [4.69, 9.17) is 9.11 Å². The number of aryl methyl sites for hydroxylation is 1. The van der Waals surface area contributed by atoms with Crippen LogP contribution in [0.25, 0.3) is 56.1 Å². The van der Waals surface area contributed by atoms with E-state index in [1.807, 2.05) is 0 Å². The van der Waals surface area contributed by atoms with Crippen LogP contribution in [0, 0.1) is 30.1 Å². The Kier molecular flexibility index (Phi) is 45.0. The number of hydrogen-bond donors (Lipinski definition) is 2. The first-order valence-corrected chi connectivity index (χ1v) is 32.7. The molecule has 0 aliphatic heterocycles. The molecule has 0 radical (unpaired) electrons. The number of rotatable bonds is 10. The third-order valence-electron chi connectivity index (χ3n) is 17.2. The third kappa shape index (κ3) is 21.4. The van der Waals surface area contributed by atoms with Gasteiger partial charge >= 0.3 is 18.9 Å². The van der Waals surface area contributed by atoms with Gasteiger partial charge in [-0.2, -0.15) is 16.8 Å².